The maximum atomic E-state index is 10.7. The predicted molar refractivity (Wildman–Crippen MR) is 59.6 cm³/mol. The summed E-state index contributed by atoms with van der Waals surface area (Å²) in [4.78, 5) is 14.9. The van der Waals surface area contributed by atoms with Crippen molar-refractivity contribution in [2.75, 3.05) is 5.32 Å². The maximum absolute atomic E-state index is 10.7. The maximum Gasteiger partial charge on any atom is 0.317 e. The second kappa shape index (κ2) is 4.01. The number of aromatic nitrogens is 3. The highest BCUT2D eigenvalue weighted by molar-refractivity contribution is 5.86. The zero-order valence-electron chi connectivity index (χ0n) is 8.71. The standard InChI is InChI=1S/C10H11N5O/c1-15-6-5-8(14-15)7-3-2-4-9(12-7)13-10(11)16/h2-6H,1H3,(H3,11,12,13,16). The molecule has 6 heteroatoms. The number of primary amides is 1. The van der Waals surface area contributed by atoms with E-state index in [1.807, 2.05) is 25.4 Å². The molecule has 0 fully saturated rings. The number of nitrogens with one attached hydrogen (secondary N) is 1. The fraction of sp³-hybridized carbons (Fsp3) is 0.100. The SMILES string of the molecule is Cn1ccc(-c2cccc(NC(N)=O)n2)n1. The Morgan fingerprint density at radius 1 is 1.38 bits per heavy atom. The molecule has 2 aromatic rings. The molecule has 2 rings (SSSR count). The van der Waals surface area contributed by atoms with Crippen LogP contribution in [0, 0.1) is 0 Å². The summed E-state index contributed by atoms with van der Waals surface area (Å²) in [5.41, 5.74) is 6.44. The summed E-state index contributed by atoms with van der Waals surface area (Å²) in [5, 5.41) is 6.63. The average molecular weight is 217 g/mol. The van der Waals surface area contributed by atoms with Gasteiger partial charge >= 0.3 is 6.03 Å². The average Bonchev–Trinajstić information content (AvgIpc) is 2.64. The first-order chi connectivity index (χ1) is 7.65. The van der Waals surface area contributed by atoms with Gasteiger partial charge in [0.2, 0.25) is 0 Å². The Morgan fingerprint density at radius 3 is 2.81 bits per heavy atom. The van der Waals surface area contributed by atoms with Crippen molar-refractivity contribution in [3.8, 4) is 11.4 Å². The van der Waals surface area contributed by atoms with Crippen LogP contribution in [-0.2, 0) is 7.05 Å². The van der Waals surface area contributed by atoms with E-state index < -0.39 is 6.03 Å². The number of amides is 2. The Balaban J connectivity index is 2.32. The minimum atomic E-state index is -0.634. The molecule has 2 aromatic heterocycles. The molecule has 82 valence electrons. The topological polar surface area (TPSA) is 85.8 Å². The molecule has 0 saturated carbocycles. The fourth-order valence-corrected chi connectivity index (χ4v) is 1.32. The molecule has 2 heterocycles. The van der Waals surface area contributed by atoms with E-state index in [2.05, 4.69) is 15.4 Å². The van der Waals surface area contributed by atoms with E-state index in [1.54, 1.807) is 16.8 Å². The van der Waals surface area contributed by atoms with Gasteiger partial charge in [0, 0.05) is 13.2 Å². The van der Waals surface area contributed by atoms with Crippen LogP contribution < -0.4 is 11.1 Å². The van der Waals surface area contributed by atoms with Crippen LogP contribution in [0.15, 0.2) is 30.5 Å². The lowest BCUT2D eigenvalue weighted by Crippen LogP contribution is -2.20. The molecule has 2 amide bonds. The number of pyridine rings is 1. The van der Waals surface area contributed by atoms with Gasteiger partial charge < -0.3 is 5.73 Å². The third-order valence-electron chi connectivity index (χ3n) is 1.98. The van der Waals surface area contributed by atoms with Gasteiger partial charge in [-0.3, -0.25) is 10.00 Å². The Morgan fingerprint density at radius 2 is 2.19 bits per heavy atom. The van der Waals surface area contributed by atoms with Crippen molar-refractivity contribution < 1.29 is 4.79 Å². The lowest BCUT2D eigenvalue weighted by molar-refractivity contribution is 0.259. The number of urea groups is 1. The Hall–Kier alpha value is -2.37. The fourth-order valence-electron chi connectivity index (χ4n) is 1.32. The zero-order valence-corrected chi connectivity index (χ0v) is 8.71. The van der Waals surface area contributed by atoms with E-state index in [-0.39, 0.29) is 0 Å². The first-order valence-electron chi connectivity index (χ1n) is 4.69. The second-order valence-electron chi connectivity index (χ2n) is 3.27. The van der Waals surface area contributed by atoms with Crippen LogP contribution in [0.5, 0.6) is 0 Å². The van der Waals surface area contributed by atoms with Crippen molar-refractivity contribution in [3.63, 3.8) is 0 Å². The minimum absolute atomic E-state index is 0.413. The lowest BCUT2D eigenvalue weighted by Gasteiger charge is -2.02. The molecule has 16 heavy (non-hydrogen) atoms. The number of hydrogen-bond acceptors (Lipinski definition) is 3. The molecule has 0 radical (unpaired) electrons. The Bertz CT molecular complexity index is 519. The van der Waals surface area contributed by atoms with Crippen LogP contribution >= 0.6 is 0 Å². The van der Waals surface area contributed by atoms with Crippen molar-refractivity contribution in [2.24, 2.45) is 12.8 Å². The first kappa shape index (κ1) is 10.2. The summed E-state index contributed by atoms with van der Waals surface area (Å²) >= 11 is 0. The highest BCUT2D eigenvalue weighted by atomic mass is 16.2. The van der Waals surface area contributed by atoms with Gasteiger partial charge in [-0.15, -0.1) is 0 Å². The van der Waals surface area contributed by atoms with Crippen molar-refractivity contribution in [2.45, 2.75) is 0 Å². The smallest absolute Gasteiger partial charge is 0.317 e. The number of hydrogen-bond donors (Lipinski definition) is 2. The number of carbonyl (C=O) groups is 1. The predicted octanol–water partition coefficient (Wildman–Crippen LogP) is 0.973. The second-order valence-corrected chi connectivity index (χ2v) is 3.27. The van der Waals surface area contributed by atoms with E-state index in [0.29, 0.717) is 11.5 Å². The lowest BCUT2D eigenvalue weighted by atomic mass is 10.3. The molecule has 6 nitrogen and oxygen atoms in total. The van der Waals surface area contributed by atoms with Gasteiger partial charge in [0.25, 0.3) is 0 Å². The van der Waals surface area contributed by atoms with E-state index in [1.165, 1.54) is 0 Å². The van der Waals surface area contributed by atoms with E-state index in [0.717, 1.165) is 5.69 Å². The minimum Gasteiger partial charge on any atom is -0.351 e. The number of carbonyl (C=O) groups excluding carboxylic acids is 1. The third-order valence-corrected chi connectivity index (χ3v) is 1.98. The molecular weight excluding hydrogens is 206 g/mol. The summed E-state index contributed by atoms with van der Waals surface area (Å²) < 4.78 is 1.69. The largest absolute Gasteiger partial charge is 0.351 e. The Labute approximate surface area is 92.1 Å². The summed E-state index contributed by atoms with van der Waals surface area (Å²) in [7, 11) is 1.83. The van der Waals surface area contributed by atoms with Crippen LogP contribution in [0.1, 0.15) is 0 Å². The number of nitrogens with two attached hydrogens (primary N) is 1. The highest BCUT2D eigenvalue weighted by Gasteiger charge is 2.04. The van der Waals surface area contributed by atoms with E-state index in [9.17, 15) is 4.79 Å². The molecule has 0 aromatic carbocycles. The van der Waals surface area contributed by atoms with Crippen LogP contribution in [-0.4, -0.2) is 20.8 Å². The van der Waals surface area contributed by atoms with Gasteiger partial charge in [-0.2, -0.15) is 5.10 Å². The number of aryl methyl sites for hydroxylation is 1. The van der Waals surface area contributed by atoms with Crippen molar-refractivity contribution in [3.05, 3.63) is 30.5 Å². The molecule has 3 N–H and O–H groups in total. The first-order valence-corrected chi connectivity index (χ1v) is 4.69. The third kappa shape index (κ3) is 2.17. The number of anilines is 1. The molecule has 0 aliphatic rings. The van der Waals surface area contributed by atoms with Crippen LogP contribution in [0.3, 0.4) is 0 Å². The molecule has 0 aliphatic carbocycles. The van der Waals surface area contributed by atoms with Gasteiger partial charge in [0.05, 0.1) is 5.69 Å². The number of rotatable bonds is 2. The molecular formula is C10H11N5O. The molecule has 0 unspecified atom stereocenters. The normalized spacial score (nSPS) is 10.1. The van der Waals surface area contributed by atoms with Crippen LogP contribution in [0.2, 0.25) is 0 Å². The summed E-state index contributed by atoms with van der Waals surface area (Å²) in [6.07, 6.45) is 1.82. The molecule has 0 atom stereocenters. The zero-order chi connectivity index (χ0) is 11.5. The van der Waals surface area contributed by atoms with Crippen molar-refractivity contribution in [1.82, 2.24) is 14.8 Å². The van der Waals surface area contributed by atoms with Gasteiger partial charge in [-0.1, -0.05) is 6.07 Å². The van der Waals surface area contributed by atoms with Gasteiger partial charge in [-0.05, 0) is 18.2 Å². The highest BCUT2D eigenvalue weighted by Crippen LogP contribution is 2.15. The molecule has 0 bridgehead atoms. The van der Waals surface area contributed by atoms with Gasteiger partial charge in [0.15, 0.2) is 0 Å². The van der Waals surface area contributed by atoms with Crippen LogP contribution in [0.4, 0.5) is 10.6 Å². The van der Waals surface area contributed by atoms with Gasteiger partial charge in [0.1, 0.15) is 11.5 Å². The van der Waals surface area contributed by atoms with Crippen molar-refractivity contribution >= 4 is 11.8 Å². The van der Waals surface area contributed by atoms with E-state index >= 15 is 0 Å². The quantitative estimate of drug-likeness (QED) is 0.785. The molecule has 0 saturated heterocycles. The van der Waals surface area contributed by atoms with Crippen molar-refractivity contribution in [1.29, 1.82) is 0 Å². The summed E-state index contributed by atoms with van der Waals surface area (Å²) in [6.45, 7) is 0. The number of nitrogens with zero attached hydrogens (tertiary/aromatic N) is 3. The van der Waals surface area contributed by atoms with Crippen LogP contribution in [0.25, 0.3) is 11.4 Å². The monoisotopic (exact) mass is 217 g/mol. The Kier molecular flexibility index (Phi) is 2.55. The molecule has 0 spiro atoms. The summed E-state index contributed by atoms with van der Waals surface area (Å²) in [6, 6.07) is 6.47. The molecule has 0 aliphatic heterocycles. The van der Waals surface area contributed by atoms with E-state index in [4.69, 9.17) is 5.73 Å². The van der Waals surface area contributed by atoms with Gasteiger partial charge in [-0.25, -0.2) is 9.78 Å². The summed E-state index contributed by atoms with van der Waals surface area (Å²) in [5.74, 6) is 0.413.